The van der Waals surface area contributed by atoms with E-state index in [1.54, 1.807) is 32.0 Å². The maximum absolute atomic E-state index is 13.5. The zero-order valence-electron chi connectivity index (χ0n) is 21.8. The van der Waals surface area contributed by atoms with Crippen molar-refractivity contribution in [3.63, 3.8) is 0 Å². The van der Waals surface area contributed by atoms with E-state index >= 15 is 0 Å². The van der Waals surface area contributed by atoms with Crippen LogP contribution in [0.4, 0.5) is 17.3 Å². The van der Waals surface area contributed by atoms with Crippen LogP contribution in [0.15, 0.2) is 74.7 Å². The Morgan fingerprint density at radius 1 is 0.900 bits per heavy atom. The molecule has 1 aliphatic rings. The third-order valence-corrected chi connectivity index (χ3v) is 9.65. The highest BCUT2D eigenvalue weighted by Crippen LogP contribution is 2.40. The molecule has 12 nitrogen and oxygen atoms in total. The standard InChI is InChI=1S/C26H27N7O5S2/c1-17-15-18(2)29-26(28-17)32-39(35,36)20-10-8-19(9-11-20)30-31-22-16-23(21-7-6-12-27-24(21)25(22)34)40(37,38)33-13-4-3-5-14-33/h6-12,15-16,34H,3-5,13-14H2,1-2H3,(H,28,29,32). The fourth-order valence-corrected chi connectivity index (χ4v) is 7.14. The summed E-state index contributed by atoms with van der Waals surface area (Å²) >= 11 is 0. The van der Waals surface area contributed by atoms with Gasteiger partial charge in [-0.15, -0.1) is 5.11 Å². The summed E-state index contributed by atoms with van der Waals surface area (Å²) in [4.78, 5) is 12.3. The molecule has 40 heavy (non-hydrogen) atoms. The van der Waals surface area contributed by atoms with Crippen molar-refractivity contribution in [1.82, 2.24) is 19.3 Å². The van der Waals surface area contributed by atoms with Crippen LogP contribution in [0, 0.1) is 13.8 Å². The number of sulfonamides is 2. The molecule has 1 aliphatic heterocycles. The van der Waals surface area contributed by atoms with E-state index in [0.29, 0.717) is 29.9 Å². The van der Waals surface area contributed by atoms with Crippen molar-refractivity contribution < 1.29 is 21.9 Å². The summed E-state index contributed by atoms with van der Waals surface area (Å²) in [6.45, 7) is 4.31. The summed E-state index contributed by atoms with van der Waals surface area (Å²) in [6.07, 6.45) is 3.98. The highest BCUT2D eigenvalue weighted by atomic mass is 32.2. The second-order valence-corrected chi connectivity index (χ2v) is 13.0. The number of rotatable bonds is 7. The molecule has 4 aromatic rings. The predicted octanol–water partition coefficient (Wildman–Crippen LogP) is 4.74. The number of pyridine rings is 1. The van der Waals surface area contributed by atoms with E-state index in [1.807, 2.05) is 0 Å². The number of anilines is 1. The molecule has 0 amide bonds. The van der Waals surface area contributed by atoms with Crippen molar-refractivity contribution in [1.29, 1.82) is 0 Å². The third kappa shape index (κ3) is 5.64. The van der Waals surface area contributed by atoms with Gasteiger partial charge in [0.1, 0.15) is 11.2 Å². The van der Waals surface area contributed by atoms with E-state index in [2.05, 4.69) is 29.9 Å². The van der Waals surface area contributed by atoms with Gasteiger partial charge >= 0.3 is 0 Å². The van der Waals surface area contributed by atoms with Gasteiger partial charge in [0.15, 0.2) is 5.75 Å². The number of aromatic hydroxyl groups is 1. The lowest BCUT2D eigenvalue weighted by Gasteiger charge is -2.26. The molecule has 0 radical (unpaired) electrons. The molecule has 0 bridgehead atoms. The zero-order chi connectivity index (χ0) is 28.5. The molecule has 0 atom stereocenters. The van der Waals surface area contributed by atoms with Crippen LogP contribution in [0.5, 0.6) is 5.75 Å². The first-order chi connectivity index (χ1) is 19.0. The summed E-state index contributed by atoms with van der Waals surface area (Å²) < 4.78 is 56.4. The molecule has 0 unspecified atom stereocenters. The largest absolute Gasteiger partial charge is 0.504 e. The molecule has 2 aromatic carbocycles. The second-order valence-electron chi connectivity index (χ2n) is 9.38. The molecule has 2 aromatic heterocycles. The van der Waals surface area contributed by atoms with Crippen LogP contribution in [-0.2, 0) is 20.0 Å². The van der Waals surface area contributed by atoms with Gasteiger partial charge in [0.05, 0.1) is 15.5 Å². The van der Waals surface area contributed by atoms with E-state index < -0.39 is 20.0 Å². The molecule has 2 N–H and O–H groups in total. The van der Waals surface area contributed by atoms with E-state index in [1.165, 1.54) is 40.8 Å². The first-order valence-electron chi connectivity index (χ1n) is 12.5. The van der Waals surface area contributed by atoms with Crippen LogP contribution in [0.25, 0.3) is 10.9 Å². The summed E-state index contributed by atoms with van der Waals surface area (Å²) in [5, 5.41) is 19.3. The van der Waals surface area contributed by atoms with Crippen LogP contribution >= 0.6 is 0 Å². The number of aryl methyl sites for hydroxylation is 2. The number of hydrogen-bond acceptors (Lipinski definition) is 10. The van der Waals surface area contributed by atoms with E-state index in [0.717, 1.165) is 19.3 Å². The Kier molecular flexibility index (Phi) is 7.49. The van der Waals surface area contributed by atoms with Crippen molar-refractivity contribution in [2.24, 2.45) is 10.2 Å². The zero-order valence-corrected chi connectivity index (χ0v) is 23.4. The van der Waals surface area contributed by atoms with Crippen molar-refractivity contribution >= 4 is 48.3 Å². The summed E-state index contributed by atoms with van der Waals surface area (Å²) in [5.74, 6) is -0.342. The van der Waals surface area contributed by atoms with E-state index in [9.17, 15) is 21.9 Å². The topological polar surface area (TPSA) is 167 Å². The normalized spacial score (nSPS) is 15.1. The Morgan fingerprint density at radius 3 is 2.25 bits per heavy atom. The average Bonchev–Trinajstić information content (AvgIpc) is 2.92. The summed E-state index contributed by atoms with van der Waals surface area (Å²) in [5.41, 5.74) is 1.55. The minimum Gasteiger partial charge on any atom is -0.504 e. The maximum Gasteiger partial charge on any atom is 0.264 e. The van der Waals surface area contributed by atoms with Gasteiger partial charge in [-0.2, -0.15) is 9.42 Å². The highest BCUT2D eigenvalue weighted by Gasteiger charge is 2.29. The van der Waals surface area contributed by atoms with Gasteiger partial charge in [-0.3, -0.25) is 4.98 Å². The molecular formula is C26H27N7O5S2. The molecule has 208 valence electrons. The number of hydrogen-bond donors (Lipinski definition) is 2. The lowest BCUT2D eigenvalue weighted by molar-refractivity contribution is 0.347. The molecule has 0 aliphatic carbocycles. The van der Waals surface area contributed by atoms with Crippen molar-refractivity contribution in [2.45, 2.75) is 42.9 Å². The first-order valence-corrected chi connectivity index (χ1v) is 15.4. The Labute approximate surface area is 232 Å². The maximum atomic E-state index is 13.5. The molecule has 5 rings (SSSR count). The minimum absolute atomic E-state index is 0.00892. The van der Waals surface area contributed by atoms with E-state index in [4.69, 9.17) is 0 Å². The number of aromatic nitrogens is 3. The van der Waals surface area contributed by atoms with Crippen LogP contribution in [0.1, 0.15) is 30.7 Å². The van der Waals surface area contributed by atoms with Crippen molar-refractivity contribution in [3.8, 4) is 5.75 Å². The Balaban J connectivity index is 1.44. The number of fused-ring (bicyclic) bond motifs is 1. The molecular weight excluding hydrogens is 554 g/mol. The Morgan fingerprint density at radius 2 is 1.57 bits per heavy atom. The molecule has 1 fully saturated rings. The quantitative estimate of drug-likeness (QED) is 0.295. The predicted molar refractivity (Wildman–Crippen MR) is 149 cm³/mol. The number of piperidine rings is 1. The Hall–Kier alpha value is -4.01. The van der Waals surface area contributed by atoms with Crippen LogP contribution in [0.2, 0.25) is 0 Å². The summed E-state index contributed by atoms with van der Waals surface area (Å²) in [6, 6.07) is 11.8. The number of benzene rings is 2. The molecule has 0 saturated carbocycles. The molecule has 1 saturated heterocycles. The van der Waals surface area contributed by atoms with Gasteiger partial charge < -0.3 is 5.11 Å². The Bertz CT molecular complexity index is 1800. The van der Waals surface area contributed by atoms with Crippen LogP contribution in [-0.4, -0.2) is 54.3 Å². The van der Waals surface area contributed by atoms with Gasteiger partial charge in [-0.05, 0) is 75.2 Å². The van der Waals surface area contributed by atoms with Crippen molar-refractivity contribution in [2.75, 3.05) is 17.8 Å². The fraction of sp³-hybridized carbons (Fsp3) is 0.269. The van der Waals surface area contributed by atoms with Gasteiger partial charge in [-0.1, -0.05) is 6.42 Å². The fourth-order valence-electron chi connectivity index (χ4n) is 4.47. The number of phenolic OH excluding ortho intramolecular Hbond substituents is 1. The van der Waals surface area contributed by atoms with E-state index in [-0.39, 0.29) is 38.4 Å². The number of phenols is 1. The number of nitrogens with one attached hydrogen (secondary N) is 1. The highest BCUT2D eigenvalue weighted by molar-refractivity contribution is 7.92. The van der Waals surface area contributed by atoms with Gasteiger partial charge in [-0.25, -0.2) is 31.5 Å². The number of azo groups is 1. The van der Waals surface area contributed by atoms with Crippen LogP contribution < -0.4 is 4.72 Å². The monoisotopic (exact) mass is 581 g/mol. The second kappa shape index (κ2) is 10.9. The third-order valence-electron chi connectivity index (χ3n) is 6.37. The number of nitrogens with zero attached hydrogens (tertiary/aromatic N) is 6. The average molecular weight is 582 g/mol. The van der Waals surface area contributed by atoms with Gasteiger partial charge in [0.2, 0.25) is 16.0 Å². The lowest BCUT2D eigenvalue weighted by Crippen LogP contribution is -2.35. The summed E-state index contributed by atoms with van der Waals surface area (Å²) in [7, 11) is -7.83. The molecule has 0 spiro atoms. The smallest absolute Gasteiger partial charge is 0.264 e. The minimum atomic E-state index is -3.96. The lowest BCUT2D eigenvalue weighted by atomic mass is 10.2. The van der Waals surface area contributed by atoms with Crippen molar-refractivity contribution in [3.05, 3.63) is 66.1 Å². The van der Waals surface area contributed by atoms with Gasteiger partial charge in [0, 0.05) is 36.1 Å². The molecule has 3 heterocycles. The molecule has 14 heteroatoms. The van der Waals surface area contributed by atoms with Gasteiger partial charge in [0.25, 0.3) is 10.0 Å². The van der Waals surface area contributed by atoms with Crippen LogP contribution in [0.3, 0.4) is 0 Å². The SMILES string of the molecule is Cc1cc(C)nc(NS(=O)(=O)c2ccc(N=Nc3cc(S(=O)(=O)N4CCCCC4)c4cccnc4c3O)cc2)n1. The first kappa shape index (κ1) is 27.6.